The van der Waals surface area contributed by atoms with E-state index in [9.17, 15) is 4.79 Å². The second kappa shape index (κ2) is 6.93. The largest absolute Gasteiger partial charge is 0.383 e. The second-order valence-electron chi connectivity index (χ2n) is 6.14. The van der Waals surface area contributed by atoms with Crippen molar-refractivity contribution >= 4 is 38.8 Å². The molecule has 1 amide bonds. The van der Waals surface area contributed by atoms with Gasteiger partial charge in [-0.3, -0.25) is 4.79 Å². The zero-order valence-corrected chi connectivity index (χ0v) is 15.3. The average molecular weight is 368 g/mol. The standard InChI is InChI=1S/C19H20N4O2S/c1-21-19(24)15-11-22-18(20)14-10-16(26-17(14)15)12-2-4-13(5-3-12)23-6-8-25-9-7-23/h2-5,10-11H,6-9H2,1H3,(H2,20,22)(H,21,24). The number of carbonyl (C=O) groups is 1. The first kappa shape index (κ1) is 16.8. The van der Waals surface area contributed by atoms with Crippen molar-refractivity contribution in [3.05, 3.63) is 42.1 Å². The third-order valence-corrected chi connectivity index (χ3v) is 5.80. The number of amides is 1. The number of carbonyl (C=O) groups excluding carboxylic acids is 1. The minimum absolute atomic E-state index is 0.154. The number of hydrogen-bond acceptors (Lipinski definition) is 6. The minimum atomic E-state index is -0.154. The van der Waals surface area contributed by atoms with Gasteiger partial charge in [0, 0.05) is 42.3 Å². The lowest BCUT2D eigenvalue weighted by Gasteiger charge is -2.28. The van der Waals surface area contributed by atoms with Crippen molar-refractivity contribution < 1.29 is 9.53 Å². The van der Waals surface area contributed by atoms with Crippen LogP contribution in [0.5, 0.6) is 0 Å². The summed E-state index contributed by atoms with van der Waals surface area (Å²) in [4.78, 5) is 19.7. The first-order valence-electron chi connectivity index (χ1n) is 8.50. The molecule has 0 radical (unpaired) electrons. The lowest BCUT2D eigenvalue weighted by molar-refractivity contribution is 0.0964. The Kier molecular flexibility index (Phi) is 4.48. The molecular weight excluding hydrogens is 348 g/mol. The summed E-state index contributed by atoms with van der Waals surface area (Å²) in [6.45, 7) is 3.37. The third kappa shape index (κ3) is 3.00. The van der Waals surface area contributed by atoms with E-state index in [0.717, 1.165) is 46.8 Å². The van der Waals surface area contributed by atoms with E-state index in [2.05, 4.69) is 39.5 Å². The van der Waals surface area contributed by atoms with E-state index in [1.165, 1.54) is 11.9 Å². The van der Waals surface area contributed by atoms with Gasteiger partial charge in [0.15, 0.2) is 0 Å². The Bertz CT molecular complexity index is 946. The molecule has 3 heterocycles. The van der Waals surface area contributed by atoms with Crippen LogP contribution >= 0.6 is 11.3 Å². The maximum atomic E-state index is 12.1. The highest BCUT2D eigenvalue weighted by atomic mass is 32.1. The lowest BCUT2D eigenvalue weighted by Crippen LogP contribution is -2.36. The number of thiophene rings is 1. The number of nitrogens with one attached hydrogen (secondary N) is 1. The molecule has 0 spiro atoms. The fourth-order valence-corrected chi connectivity index (χ4v) is 4.32. The predicted octanol–water partition coefficient (Wildman–Crippen LogP) is 2.74. The van der Waals surface area contributed by atoms with Gasteiger partial charge >= 0.3 is 0 Å². The zero-order chi connectivity index (χ0) is 18.1. The number of nitrogen functional groups attached to an aromatic ring is 1. The van der Waals surface area contributed by atoms with Gasteiger partial charge in [-0.25, -0.2) is 4.98 Å². The number of ether oxygens (including phenoxy) is 1. The van der Waals surface area contributed by atoms with Crippen LogP contribution in [0, 0.1) is 0 Å². The van der Waals surface area contributed by atoms with Gasteiger partial charge in [0.25, 0.3) is 5.91 Å². The van der Waals surface area contributed by atoms with Crippen LogP contribution in [0.3, 0.4) is 0 Å². The predicted molar refractivity (Wildman–Crippen MR) is 106 cm³/mol. The highest BCUT2D eigenvalue weighted by molar-refractivity contribution is 7.22. The minimum Gasteiger partial charge on any atom is -0.383 e. The van der Waals surface area contributed by atoms with Gasteiger partial charge in [-0.15, -0.1) is 11.3 Å². The molecule has 1 fully saturated rings. The zero-order valence-electron chi connectivity index (χ0n) is 14.5. The summed E-state index contributed by atoms with van der Waals surface area (Å²) in [7, 11) is 1.61. The van der Waals surface area contributed by atoms with Crippen molar-refractivity contribution in [3.63, 3.8) is 0 Å². The molecule has 1 saturated heterocycles. The fourth-order valence-electron chi connectivity index (χ4n) is 3.14. The summed E-state index contributed by atoms with van der Waals surface area (Å²) < 4.78 is 6.27. The topological polar surface area (TPSA) is 80.5 Å². The maximum Gasteiger partial charge on any atom is 0.254 e. The molecule has 0 bridgehead atoms. The third-order valence-electron chi connectivity index (χ3n) is 4.59. The van der Waals surface area contributed by atoms with Gasteiger partial charge in [0.1, 0.15) is 5.82 Å². The van der Waals surface area contributed by atoms with Crippen LogP contribution in [0.2, 0.25) is 0 Å². The number of hydrogen-bond donors (Lipinski definition) is 2. The summed E-state index contributed by atoms with van der Waals surface area (Å²) in [5.74, 6) is 0.290. The van der Waals surface area contributed by atoms with Gasteiger partial charge < -0.3 is 20.7 Å². The summed E-state index contributed by atoms with van der Waals surface area (Å²) in [6.07, 6.45) is 1.54. The van der Waals surface area contributed by atoms with Crippen LogP contribution in [0.4, 0.5) is 11.5 Å². The Morgan fingerprint density at radius 1 is 1.27 bits per heavy atom. The smallest absolute Gasteiger partial charge is 0.254 e. The van der Waals surface area contributed by atoms with E-state index >= 15 is 0 Å². The molecule has 1 aliphatic heterocycles. The van der Waals surface area contributed by atoms with E-state index in [1.807, 2.05) is 6.07 Å². The molecule has 6 nitrogen and oxygen atoms in total. The molecule has 3 N–H and O–H groups in total. The van der Waals surface area contributed by atoms with E-state index in [1.54, 1.807) is 18.4 Å². The van der Waals surface area contributed by atoms with Crippen molar-refractivity contribution in [1.82, 2.24) is 10.3 Å². The number of anilines is 2. The number of rotatable bonds is 3. The molecule has 134 valence electrons. The molecule has 1 aromatic carbocycles. The van der Waals surface area contributed by atoms with Crippen LogP contribution < -0.4 is 16.0 Å². The molecule has 2 aromatic heterocycles. The summed E-state index contributed by atoms with van der Waals surface area (Å²) in [5.41, 5.74) is 8.88. The maximum absolute atomic E-state index is 12.1. The molecule has 1 aliphatic rings. The fraction of sp³-hybridized carbons (Fsp3) is 0.263. The molecule has 3 aromatic rings. The number of pyridine rings is 1. The number of morpholine rings is 1. The van der Waals surface area contributed by atoms with Crippen molar-refractivity contribution in [2.24, 2.45) is 0 Å². The van der Waals surface area contributed by atoms with Gasteiger partial charge in [-0.05, 0) is 23.8 Å². The summed E-state index contributed by atoms with van der Waals surface area (Å²) in [5, 5.41) is 3.48. The molecule has 7 heteroatoms. The number of aromatic nitrogens is 1. The SMILES string of the molecule is CNC(=O)c1cnc(N)c2cc(-c3ccc(N4CCOCC4)cc3)sc12. The molecule has 0 aliphatic carbocycles. The van der Waals surface area contributed by atoms with Gasteiger partial charge in [-0.1, -0.05) is 12.1 Å². The Hall–Kier alpha value is -2.64. The molecule has 26 heavy (non-hydrogen) atoms. The van der Waals surface area contributed by atoms with Crippen molar-refractivity contribution in [2.75, 3.05) is 44.0 Å². The normalized spacial score (nSPS) is 14.6. The Labute approximate surface area is 155 Å². The van der Waals surface area contributed by atoms with Crippen molar-refractivity contribution in [1.29, 1.82) is 0 Å². The quantitative estimate of drug-likeness (QED) is 0.743. The lowest BCUT2D eigenvalue weighted by atomic mass is 10.1. The van der Waals surface area contributed by atoms with Crippen LogP contribution in [-0.4, -0.2) is 44.2 Å². The van der Waals surface area contributed by atoms with Gasteiger partial charge in [0.2, 0.25) is 0 Å². The summed E-state index contributed by atoms with van der Waals surface area (Å²) in [6, 6.07) is 10.5. The molecule has 0 atom stereocenters. The van der Waals surface area contributed by atoms with Crippen LogP contribution in [-0.2, 0) is 4.74 Å². The molecular formula is C19H20N4O2S. The van der Waals surface area contributed by atoms with Crippen molar-refractivity contribution in [3.8, 4) is 10.4 Å². The second-order valence-corrected chi connectivity index (χ2v) is 7.19. The number of benzene rings is 1. The average Bonchev–Trinajstić information content (AvgIpc) is 3.15. The van der Waals surface area contributed by atoms with Crippen LogP contribution in [0.15, 0.2) is 36.5 Å². The first-order valence-corrected chi connectivity index (χ1v) is 9.32. The van der Waals surface area contributed by atoms with Gasteiger partial charge in [-0.2, -0.15) is 0 Å². The molecule has 4 rings (SSSR count). The first-order chi connectivity index (χ1) is 12.7. The van der Waals surface area contributed by atoms with Crippen molar-refractivity contribution in [2.45, 2.75) is 0 Å². The Balaban J connectivity index is 1.70. The Morgan fingerprint density at radius 3 is 2.69 bits per heavy atom. The van der Waals surface area contributed by atoms with Crippen LogP contribution in [0.1, 0.15) is 10.4 Å². The van der Waals surface area contributed by atoms with E-state index in [0.29, 0.717) is 11.4 Å². The van der Waals surface area contributed by atoms with E-state index < -0.39 is 0 Å². The monoisotopic (exact) mass is 368 g/mol. The highest BCUT2D eigenvalue weighted by Crippen LogP contribution is 2.37. The molecule has 0 saturated carbocycles. The van der Waals surface area contributed by atoms with E-state index in [-0.39, 0.29) is 5.91 Å². The van der Waals surface area contributed by atoms with Gasteiger partial charge in [0.05, 0.1) is 23.5 Å². The number of fused-ring (bicyclic) bond motifs is 1. The van der Waals surface area contributed by atoms with Crippen LogP contribution in [0.25, 0.3) is 20.5 Å². The summed E-state index contributed by atoms with van der Waals surface area (Å²) >= 11 is 1.56. The Morgan fingerprint density at radius 2 is 2.00 bits per heavy atom. The number of nitrogens with zero attached hydrogens (tertiary/aromatic N) is 2. The molecule has 0 unspecified atom stereocenters. The highest BCUT2D eigenvalue weighted by Gasteiger charge is 2.16. The number of nitrogens with two attached hydrogens (primary N) is 1. The van der Waals surface area contributed by atoms with E-state index in [4.69, 9.17) is 10.5 Å².